The van der Waals surface area contributed by atoms with E-state index in [1.54, 1.807) is 11.3 Å². The zero-order valence-electron chi connectivity index (χ0n) is 7.79. The van der Waals surface area contributed by atoms with Gasteiger partial charge in [0.2, 0.25) is 0 Å². The first-order chi connectivity index (χ1) is 5.74. The van der Waals surface area contributed by atoms with Crippen molar-refractivity contribution >= 4 is 16.5 Å². The third kappa shape index (κ3) is 2.46. The molecule has 0 fully saturated rings. The SMILES string of the molecule is CCNCc1csc(N(C)C)n1. The molecule has 0 bridgehead atoms. The van der Waals surface area contributed by atoms with E-state index < -0.39 is 0 Å². The molecule has 1 N–H and O–H groups in total. The third-order valence-corrected chi connectivity index (χ3v) is 2.54. The molecule has 0 atom stereocenters. The van der Waals surface area contributed by atoms with E-state index in [1.165, 1.54) is 0 Å². The first-order valence-electron chi connectivity index (χ1n) is 4.06. The summed E-state index contributed by atoms with van der Waals surface area (Å²) in [7, 11) is 4.02. The van der Waals surface area contributed by atoms with Gasteiger partial charge in [0.15, 0.2) is 5.13 Å². The minimum atomic E-state index is 0.876. The molecular formula is C8H15N3S. The van der Waals surface area contributed by atoms with Crippen molar-refractivity contribution in [2.75, 3.05) is 25.5 Å². The second-order valence-corrected chi connectivity index (χ2v) is 3.63. The van der Waals surface area contributed by atoms with E-state index >= 15 is 0 Å². The Hall–Kier alpha value is -0.610. The molecule has 4 heteroatoms. The normalized spacial score (nSPS) is 10.2. The zero-order chi connectivity index (χ0) is 8.97. The summed E-state index contributed by atoms with van der Waals surface area (Å²) in [5.74, 6) is 0. The van der Waals surface area contributed by atoms with Gasteiger partial charge < -0.3 is 10.2 Å². The number of nitrogens with zero attached hydrogens (tertiary/aromatic N) is 2. The Labute approximate surface area is 77.4 Å². The number of hydrogen-bond acceptors (Lipinski definition) is 4. The lowest BCUT2D eigenvalue weighted by atomic mass is 10.5. The molecule has 0 radical (unpaired) electrons. The van der Waals surface area contributed by atoms with Crippen LogP contribution in [0.3, 0.4) is 0 Å². The van der Waals surface area contributed by atoms with E-state index in [9.17, 15) is 0 Å². The molecule has 1 rings (SSSR count). The maximum atomic E-state index is 4.43. The lowest BCUT2D eigenvalue weighted by molar-refractivity contribution is 0.714. The van der Waals surface area contributed by atoms with Gasteiger partial charge in [0.05, 0.1) is 5.69 Å². The number of nitrogens with one attached hydrogen (secondary N) is 1. The van der Waals surface area contributed by atoms with Crippen molar-refractivity contribution in [1.82, 2.24) is 10.3 Å². The van der Waals surface area contributed by atoms with Crippen molar-refractivity contribution < 1.29 is 0 Å². The van der Waals surface area contributed by atoms with Gasteiger partial charge in [-0.05, 0) is 6.54 Å². The summed E-state index contributed by atoms with van der Waals surface area (Å²) in [5, 5.41) is 6.41. The lowest BCUT2D eigenvalue weighted by Crippen LogP contribution is -2.13. The van der Waals surface area contributed by atoms with Gasteiger partial charge in [-0.15, -0.1) is 11.3 Å². The monoisotopic (exact) mass is 185 g/mol. The highest BCUT2D eigenvalue weighted by Gasteiger charge is 2.01. The Morgan fingerprint density at radius 2 is 2.33 bits per heavy atom. The van der Waals surface area contributed by atoms with Gasteiger partial charge in [0, 0.05) is 26.0 Å². The minimum Gasteiger partial charge on any atom is -0.354 e. The van der Waals surface area contributed by atoms with Crippen LogP contribution in [-0.2, 0) is 6.54 Å². The molecule has 0 aliphatic rings. The van der Waals surface area contributed by atoms with Crippen molar-refractivity contribution in [2.24, 2.45) is 0 Å². The molecule has 0 unspecified atom stereocenters. The lowest BCUT2D eigenvalue weighted by Gasteiger charge is -2.05. The van der Waals surface area contributed by atoms with Gasteiger partial charge >= 0.3 is 0 Å². The molecule has 0 aliphatic heterocycles. The van der Waals surface area contributed by atoms with Crippen LogP contribution < -0.4 is 10.2 Å². The maximum absolute atomic E-state index is 4.43. The van der Waals surface area contributed by atoms with Gasteiger partial charge in [-0.25, -0.2) is 4.98 Å². The van der Waals surface area contributed by atoms with Gasteiger partial charge in [0.25, 0.3) is 0 Å². The molecule has 68 valence electrons. The second kappa shape index (κ2) is 4.42. The predicted molar refractivity (Wildman–Crippen MR) is 53.8 cm³/mol. The summed E-state index contributed by atoms with van der Waals surface area (Å²) in [5.41, 5.74) is 1.13. The standard InChI is InChI=1S/C8H15N3S/c1-4-9-5-7-6-12-8(10-7)11(2)3/h6,9H,4-5H2,1-3H3. The average Bonchev–Trinajstić information content (AvgIpc) is 2.48. The van der Waals surface area contributed by atoms with E-state index in [4.69, 9.17) is 0 Å². The fraction of sp³-hybridized carbons (Fsp3) is 0.625. The van der Waals surface area contributed by atoms with Gasteiger partial charge in [-0.3, -0.25) is 0 Å². The highest BCUT2D eigenvalue weighted by molar-refractivity contribution is 7.13. The number of rotatable bonds is 4. The average molecular weight is 185 g/mol. The Balaban J connectivity index is 2.52. The van der Waals surface area contributed by atoms with Gasteiger partial charge in [-0.2, -0.15) is 0 Å². The summed E-state index contributed by atoms with van der Waals surface area (Å²) in [6, 6.07) is 0. The van der Waals surface area contributed by atoms with Crippen LogP contribution in [0.25, 0.3) is 0 Å². The summed E-state index contributed by atoms with van der Waals surface area (Å²) in [6.07, 6.45) is 0. The first kappa shape index (κ1) is 9.48. The highest BCUT2D eigenvalue weighted by atomic mass is 32.1. The number of hydrogen-bond donors (Lipinski definition) is 1. The summed E-state index contributed by atoms with van der Waals surface area (Å²) in [4.78, 5) is 6.46. The van der Waals surface area contributed by atoms with Gasteiger partial charge in [-0.1, -0.05) is 6.92 Å². The first-order valence-corrected chi connectivity index (χ1v) is 4.94. The molecular weight excluding hydrogens is 170 g/mol. The van der Waals surface area contributed by atoms with Crippen molar-refractivity contribution in [2.45, 2.75) is 13.5 Å². The van der Waals surface area contributed by atoms with Crippen molar-refractivity contribution in [1.29, 1.82) is 0 Å². The summed E-state index contributed by atoms with van der Waals surface area (Å²) in [6.45, 7) is 3.97. The molecule has 0 aliphatic carbocycles. The fourth-order valence-corrected chi connectivity index (χ4v) is 1.59. The van der Waals surface area contributed by atoms with E-state index in [0.29, 0.717) is 0 Å². The van der Waals surface area contributed by atoms with Crippen molar-refractivity contribution in [3.05, 3.63) is 11.1 Å². The summed E-state index contributed by atoms with van der Waals surface area (Å²) < 4.78 is 0. The number of aromatic nitrogens is 1. The molecule has 1 aromatic heterocycles. The van der Waals surface area contributed by atoms with Crippen LogP contribution in [0.2, 0.25) is 0 Å². The largest absolute Gasteiger partial charge is 0.354 e. The highest BCUT2D eigenvalue weighted by Crippen LogP contribution is 2.17. The van der Waals surface area contributed by atoms with Crippen LogP contribution in [0.15, 0.2) is 5.38 Å². The molecule has 1 heterocycles. The van der Waals surface area contributed by atoms with Gasteiger partial charge in [0.1, 0.15) is 0 Å². The van der Waals surface area contributed by atoms with Crippen LogP contribution in [0.1, 0.15) is 12.6 Å². The Morgan fingerprint density at radius 3 is 2.83 bits per heavy atom. The van der Waals surface area contributed by atoms with Crippen LogP contribution in [-0.4, -0.2) is 25.6 Å². The molecule has 0 aromatic carbocycles. The molecule has 3 nitrogen and oxygen atoms in total. The van der Waals surface area contributed by atoms with Crippen LogP contribution in [0.4, 0.5) is 5.13 Å². The Morgan fingerprint density at radius 1 is 1.58 bits per heavy atom. The van der Waals surface area contributed by atoms with Crippen molar-refractivity contribution in [3.8, 4) is 0 Å². The number of anilines is 1. The fourth-order valence-electron chi connectivity index (χ4n) is 0.836. The summed E-state index contributed by atoms with van der Waals surface area (Å²) >= 11 is 1.68. The molecule has 0 amide bonds. The Kier molecular flexibility index (Phi) is 3.49. The van der Waals surface area contributed by atoms with Crippen molar-refractivity contribution in [3.63, 3.8) is 0 Å². The molecule has 0 saturated heterocycles. The van der Waals surface area contributed by atoms with E-state index in [0.717, 1.165) is 23.9 Å². The van der Waals surface area contributed by atoms with E-state index in [1.807, 2.05) is 19.0 Å². The molecule has 1 aromatic rings. The quantitative estimate of drug-likeness (QED) is 0.767. The molecule has 12 heavy (non-hydrogen) atoms. The predicted octanol–water partition coefficient (Wildman–Crippen LogP) is 1.32. The van der Waals surface area contributed by atoms with Crippen LogP contribution in [0.5, 0.6) is 0 Å². The van der Waals surface area contributed by atoms with Crippen LogP contribution >= 0.6 is 11.3 Å². The van der Waals surface area contributed by atoms with E-state index in [2.05, 4.69) is 22.6 Å². The third-order valence-electron chi connectivity index (χ3n) is 1.48. The topological polar surface area (TPSA) is 28.2 Å². The Bertz CT molecular complexity index is 232. The smallest absolute Gasteiger partial charge is 0.185 e. The second-order valence-electron chi connectivity index (χ2n) is 2.80. The molecule has 0 spiro atoms. The minimum absolute atomic E-state index is 0.876. The van der Waals surface area contributed by atoms with E-state index in [-0.39, 0.29) is 0 Å². The number of thiazole rings is 1. The van der Waals surface area contributed by atoms with Crippen LogP contribution in [0, 0.1) is 0 Å². The molecule has 0 saturated carbocycles. The maximum Gasteiger partial charge on any atom is 0.185 e. The zero-order valence-corrected chi connectivity index (χ0v) is 8.61.